The number of rotatable bonds is 3. The number of epoxide rings is 1. The molecule has 8 heteroatoms. The second-order valence-electron chi connectivity index (χ2n) is 4.84. The van der Waals surface area contributed by atoms with Crippen LogP contribution in [0.1, 0.15) is 23.7 Å². The first-order valence-corrected chi connectivity index (χ1v) is 6.81. The number of furan rings is 1. The maximum Gasteiger partial charge on any atom is 0.433 e. The largest absolute Gasteiger partial charge is 0.433 e. The highest BCUT2D eigenvalue weighted by molar-refractivity contribution is 6.31. The Morgan fingerprint density at radius 2 is 2.05 bits per heavy atom. The minimum Gasteiger partial charge on any atom is -0.403 e. The van der Waals surface area contributed by atoms with Crippen LogP contribution in [-0.4, -0.2) is 14.9 Å². The molecule has 2 unspecified atom stereocenters. The van der Waals surface area contributed by atoms with Crippen LogP contribution in [-0.2, 0) is 4.74 Å². The lowest BCUT2D eigenvalue weighted by molar-refractivity contribution is -0.402. The van der Waals surface area contributed by atoms with Gasteiger partial charge in [-0.1, -0.05) is 11.6 Å². The van der Waals surface area contributed by atoms with Crippen LogP contribution in [0.15, 0.2) is 40.9 Å². The van der Waals surface area contributed by atoms with E-state index in [9.17, 15) is 10.1 Å². The molecule has 0 spiro atoms. The summed E-state index contributed by atoms with van der Waals surface area (Å²) in [5, 5.41) is 11.2. The van der Waals surface area contributed by atoms with E-state index in [-0.39, 0.29) is 18.1 Å². The topological polar surface area (TPSA) is 94.6 Å². The number of hydrogen-bond donors (Lipinski definition) is 0. The van der Waals surface area contributed by atoms with Gasteiger partial charge in [0.25, 0.3) is 0 Å². The summed E-state index contributed by atoms with van der Waals surface area (Å²) < 4.78 is 10.6. The van der Waals surface area contributed by atoms with Crippen molar-refractivity contribution in [3.63, 3.8) is 0 Å². The van der Waals surface area contributed by atoms with Crippen molar-refractivity contribution in [2.24, 2.45) is 0 Å². The van der Waals surface area contributed by atoms with Gasteiger partial charge in [-0.25, -0.2) is 4.98 Å². The lowest BCUT2D eigenvalue weighted by atomic mass is 10.2. The predicted molar refractivity (Wildman–Crippen MR) is 76.5 cm³/mol. The second-order valence-corrected chi connectivity index (χ2v) is 5.27. The smallest absolute Gasteiger partial charge is 0.403 e. The average molecular weight is 318 g/mol. The zero-order valence-corrected chi connectivity index (χ0v) is 11.7. The van der Waals surface area contributed by atoms with Gasteiger partial charge in [-0.05, 0) is 24.3 Å². The standard InChI is InChI=1S/C14H8ClN3O4/c15-7-1-2-8-9(5-7)17-10(6-16-8)13-14(22-13)11-3-4-12(21-11)18(19)20/h1-6,13-14H. The van der Waals surface area contributed by atoms with Crippen LogP contribution < -0.4 is 0 Å². The SMILES string of the molecule is O=[N+]([O-])c1ccc(C2OC2c2cnc3ccc(Cl)cc3n2)o1. The van der Waals surface area contributed by atoms with E-state index >= 15 is 0 Å². The van der Waals surface area contributed by atoms with Gasteiger partial charge in [0.15, 0.2) is 0 Å². The lowest BCUT2D eigenvalue weighted by Gasteiger charge is -1.99. The summed E-state index contributed by atoms with van der Waals surface area (Å²) in [6.45, 7) is 0. The molecule has 0 bridgehead atoms. The number of halogens is 1. The molecule has 110 valence electrons. The van der Waals surface area contributed by atoms with Crippen molar-refractivity contribution in [2.75, 3.05) is 0 Å². The molecule has 3 heterocycles. The van der Waals surface area contributed by atoms with Crippen molar-refractivity contribution in [3.05, 3.63) is 63.1 Å². The van der Waals surface area contributed by atoms with Gasteiger partial charge < -0.3 is 9.15 Å². The Morgan fingerprint density at radius 3 is 2.82 bits per heavy atom. The molecule has 1 saturated heterocycles. The summed E-state index contributed by atoms with van der Waals surface area (Å²) in [4.78, 5) is 18.8. The van der Waals surface area contributed by atoms with Gasteiger partial charge >= 0.3 is 5.88 Å². The third kappa shape index (κ3) is 2.20. The molecule has 3 aromatic rings. The highest BCUT2D eigenvalue weighted by Crippen LogP contribution is 2.51. The number of benzene rings is 1. The first-order chi connectivity index (χ1) is 10.6. The van der Waals surface area contributed by atoms with Crippen LogP contribution in [0.3, 0.4) is 0 Å². The quantitative estimate of drug-likeness (QED) is 0.416. The van der Waals surface area contributed by atoms with E-state index in [1.54, 1.807) is 24.4 Å². The molecule has 2 aromatic heterocycles. The molecular weight excluding hydrogens is 310 g/mol. The Bertz CT molecular complexity index is 895. The van der Waals surface area contributed by atoms with Gasteiger partial charge in [-0.15, -0.1) is 0 Å². The number of nitrogens with zero attached hydrogens (tertiary/aromatic N) is 3. The fraction of sp³-hybridized carbons (Fsp3) is 0.143. The summed E-state index contributed by atoms with van der Waals surface area (Å²) in [6, 6.07) is 8.10. The molecule has 22 heavy (non-hydrogen) atoms. The zero-order valence-electron chi connectivity index (χ0n) is 11.0. The summed E-state index contributed by atoms with van der Waals surface area (Å²) >= 11 is 5.95. The van der Waals surface area contributed by atoms with Crippen molar-refractivity contribution in [2.45, 2.75) is 12.2 Å². The molecule has 1 aromatic carbocycles. The molecule has 0 saturated carbocycles. The van der Waals surface area contributed by atoms with Crippen molar-refractivity contribution in [1.29, 1.82) is 0 Å². The van der Waals surface area contributed by atoms with E-state index in [0.717, 1.165) is 5.52 Å². The predicted octanol–water partition coefficient (Wildman–Crippen LogP) is 3.60. The Morgan fingerprint density at radius 1 is 1.18 bits per heavy atom. The lowest BCUT2D eigenvalue weighted by Crippen LogP contribution is -1.92. The van der Waals surface area contributed by atoms with Crippen molar-refractivity contribution < 1.29 is 14.1 Å². The molecule has 0 radical (unpaired) electrons. The van der Waals surface area contributed by atoms with Gasteiger partial charge in [-0.3, -0.25) is 15.1 Å². The van der Waals surface area contributed by atoms with Crippen molar-refractivity contribution >= 4 is 28.5 Å². The van der Waals surface area contributed by atoms with Crippen LogP contribution in [0.5, 0.6) is 0 Å². The van der Waals surface area contributed by atoms with E-state index in [1.165, 1.54) is 12.1 Å². The van der Waals surface area contributed by atoms with Crippen LogP contribution >= 0.6 is 11.6 Å². The molecule has 7 nitrogen and oxygen atoms in total. The molecule has 0 N–H and O–H groups in total. The van der Waals surface area contributed by atoms with Gasteiger partial charge in [0, 0.05) is 5.02 Å². The average Bonchev–Trinajstić information content (AvgIpc) is 3.14. The minimum atomic E-state index is -0.585. The van der Waals surface area contributed by atoms with Gasteiger partial charge in [0.05, 0.1) is 29.0 Å². The highest BCUT2D eigenvalue weighted by Gasteiger charge is 2.46. The third-order valence-corrected chi connectivity index (χ3v) is 3.61. The Labute approximate surface area is 128 Å². The third-order valence-electron chi connectivity index (χ3n) is 3.38. The molecule has 1 fully saturated rings. The molecule has 0 aliphatic carbocycles. The van der Waals surface area contributed by atoms with Crippen molar-refractivity contribution in [3.8, 4) is 0 Å². The molecule has 1 aliphatic heterocycles. The maximum absolute atomic E-state index is 10.6. The van der Waals surface area contributed by atoms with Crippen LogP contribution in [0.4, 0.5) is 5.88 Å². The molecule has 4 rings (SSSR count). The van der Waals surface area contributed by atoms with E-state index in [0.29, 0.717) is 22.0 Å². The molecule has 0 amide bonds. The molecule has 2 atom stereocenters. The summed E-state index contributed by atoms with van der Waals surface area (Å²) in [6.07, 6.45) is 0.930. The van der Waals surface area contributed by atoms with Crippen molar-refractivity contribution in [1.82, 2.24) is 9.97 Å². The number of fused-ring (bicyclic) bond motifs is 1. The monoisotopic (exact) mass is 317 g/mol. The summed E-state index contributed by atoms with van der Waals surface area (Å²) in [5.41, 5.74) is 2.04. The fourth-order valence-electron chi connectivity index (χ4n) is 2.28. The van der Waals surface area contributed by atoms with E-state index in [1.807, 2.05) is 0 Å². The maximum atomic E-state index is 10.6. The Balaban J connectivity index is 1.62. The van der Waals surface area contributed by atoms with E-state index < -0.39 is 4.92 Å². The number of hydrogen-bond acceptors (Lipinski definition) is 6. The summed E-state index contributed by atoms with van der Waals surface area (Å²) in [5.74, 6) is 0.102. The number of ether oxygens (including phenoxy) is 1. The first-order valence-electron chi connectivity index (χ1n) is 6.43. The molecule has 1 aliphatic rings. The zero-order chi connectivity index (χ0) is 15.3. The normalized spacial score (nSPS) is 20.2. The fourth-order valence-corrected chi connectivity index (χ4v) is 2.45. The first kappa shape index (κ1) is 13.2. The number of aromatic nitrogens is 2. The summed E-state index contributed by atoms with van der Waals surface area (Å²) in [7, 11) is 0. The van der Waals surface area contributed by atoms with Crippen LogP contribution in [0, 0.1) is 10.1 Å². The Hall–Kier alpha value is -2.51. The van der Waals surface area contributed by atoms with Crippen LogP contribution in [0.25, 0.3) is 11.0 Å². The Kier molecular flexibility index (Phi) is 2.85. The van der Waals surface area contributed by atoms with Gasteiger partial charge in [0.2, 0.25) is 0 Å². The highest BCUT2D eigenvalue weighted by atomic mass is 35.5. The van der Waals surface area contributed by atoms with Gasteiger partial charge in [0.1, 0.15) is 22.9 Å². The van der Waals surface area contributed by atoms with Crippen LogP contribution in [0.2, 0.25) is 5.02 Å². The molecular formula is C14H8ClN3O4. The van der Waals surface area contributed by atoms with Gasteiger partial charge in [-0.2, -0.15) is 0 Å². The van der Waals surface area contributed by atoms with E-state index in [2.05, 4.69) is 9.97 Å². The number of nitro groups is 1. The van der Waals surface area contributed by atoms with E-state index in [4.69, 9.17) is 20.8 Å². The minimum absolute atomic E-state index is 0.305. The second kappa shape index (κ2) is 4.75.